The minimum Gasteiger partial charge on any atom is -0.294 e. The van der Waals surface area contributed by atoms with E-state index in [-0.39, 0.29) is 17.8 Å². The van der Waals surface area contributed by atoms with Gasteiger partial charge in [-0.05, 0) is 36.6 Å². The topological polar surface area (TPSA) is 30.0 Å². The van der Waals surface area contributed by atoms with E-state index in [0.717, 1.165) is 22.9 Å². The van der Waals surface area contributed by atoms with Crippen molar-refractivity contribution < 1.29 is 9.18 Å². The van der Waals surface area contributed by atoms with Crippen molar-refractivity contribution in [2.75, 3.05) is 0 Å². The van der Waals surface area contributed by atoms with Crippen molar-refractivity contribution in [3.05, 3.63) is 64.7 Å². The van der Waals surface area contributed by atoms with E-state index in [9.17, 15) is 9.18 Å². The lowest BCUT2D eigenvalue weighted by molar-refractivity contribution is 0.0988. The molecule has 2 rings (SSSR count). The van der Waals surface area contributed by atoms with Crippen molar-refractivity contribution in [2.45, 2.75) is 20.3 Å². The summed E-state index contributed by atoms with van der Waals surface area (Å²) in [4.78, 5) is 15.7. The molecule has 0 aliphatic carbocycles. The number of aryl methyl sites for hydroxylation is 2. The molecule has 18 heavy (non-hydrogen) atoms. The molecule has 0 amide bonds. The Morgan fingerprint density at radius 2 is 1.89 bits per heavy atom. The second-order valence-electron chi connectivity index (χ2n) is 4.33. The lowest BCUT2D eigenvalue weighted by atomic mass is 9.96. The highest BCUT2D eigenvalue weighted by Gasteiger charge is 2.14. The minimum atomic E-state index is -0.561. The summed E-state index contributed by atoms with van der Waals surface area (Å²) in [6.07, 6.45) is 2.72. The molecule has 0 aliphatic rings. The van der Waals surface area contributed by atoms with Gasteiger partial charge >= 0.3 is 0 Å². The fourth-order valence-corrected chi connectivity index (χ4v) is 1.98. The van der Waals surface area contributed by atoms with Crippen LogP contribution in [0.15, 0.2) is 36.7 Å². The fourth-order valence-electron chi connectivity index (χ4n) is 1.98. The van der Waals surface area contributed by atoms with Gasteiger partial charge in [-0.3, -0.25) is 9.78 Å². The largest absolute Gasteiger partial charge is 0.294 e. The average molecular weight is 243 g/mol. The van der Waals surface area contributed by atoms with Crippen molar-refractivity contribution in [1.29, 1.82) is 0 Å². The quantitative estimate of drug-likeness (QED) is 0.774. The molecule has 2 nitrogen and oxygen atoms in total. The average Bonchev–Trinajstić information content (AvgIpc) is 2.34. The molecule has 0 N–H and O–H groups in total. The number of ketones is 1. The Morgan fingerprint density at radius 1 is 1.22 bits per heavy atom. The zero-order chi connectivity index (χ0) is 13.1. The first-order valence-electron chi connectivity index (χ1n) is 5.77. The van der Waals surface area contributed by atoms with Crippen molar-refractivity contribution in [2.24, 2.45) is 0 Å². The van der Waals surface area contributed by atoms with Gasteiger partial charge in [0.05, 0.1) is 11.8 Å². The zero-order valence-electron chi connectivity index (χ0n) is 10.4. The summed E-state index contributed by atoms with van der Waals surface area (Å²) in [5.74, 6) is -0.777. The summed E-state index contributed by atoms with van der Waals surface area (Å²) < 4.78 is 13.5. The van der Waals surface area contributed by atoms with Crippen LogP contribution >= 0.6 is 0 Å². The van der Waals surface area contributed by atoms with Crippen LogP contribution in [0, 0.1) is 19.7 Å². The number of hydrogen-bond donors (Lipinski definition) is 0. The van der Waals surface area contributed by atoms with Crippen LogP contribution in [0.25, 0.3) is 0 Å². The van der Waals surface area contributed by atoms with E-state index in [1.54, 1.807) is 0 Å². The molecule has 0 unspecified atom stereocenters. The third kappa shape index (κ3) is 2.45. The summed E-state index contributed by atoms with van der Waals surface area (Å²) >= 11 is 0. The highest BCUT2D eigenvalue weighted by molar-refractivity contribution is 5.97. The van der Waals surface area contributed by atoms with Crippen LogP contribution in [-0.2, 0) is 6.42 Å². The Morgan fingerprint density at radius 3 is 2.50 bits per heavy atom. The van der Waals surface area contributed by atoms with Gasteiger partial charge in [-0.25, -0.2) is 4.39 Å². The predicted octanol–water partition coefficient (Wildman–Crippen LogP) is 3.26. The Balaban J connectivity index is 2.30. The lowest BCUT2D eigenvalue weighted by Crippen LogP contribution is -2.08. The highest BCUT2D eigenvalue weighted by Crippen LogP contribution is 2.17. The van der Waals surface area contributed by atoms with Crippen LogP contribution in [-0.4, -0.2) is 10.8 Å². The molecule has 0 saturated carbocycles. The van der Waals surface area contributed by atoms with Crippen molar-refractivity contribution in [3.8, 4) is 0 Å². The molecule has 1 aromatic heterocycles. The zero-order valence-corrected chi connectivity index (χ0v) is 10.4. The summed E-state index contributed by atoms with van der Waals surface area (Å²) in [6.45, 7) is 3.91. The van der Waals surface area contributed by atoms with Crippen LogP contribution in [0.1, 0.15) is 27.0 Å². The molecule has 1 aromatic carbocycles. The van der Waals surface area contributed by atoms with E-state index in [4.69, 9.17) is 0 Å². The number of pyridine rings is 1. The molecule has 0 bridgehead atoms. The van der Waals surface area contributed by atoms with Gasteiger partial charge in [-0.2, -0.15) is 0 Å². The van der Waals surface area contributed by atoms with Crippen LogP contribution in [0.4, 0.5) is 4.39 Å². The van der Waals surface area contributed by atoms with Crippen molar-refractivity contribution >= 4 is 5.78 Å². The van der Waals surface area contributed by atoms with E-state index >= 15 is 0 Å². The summed E-state index contributed by atoms with van der Waals surface area (Å²) in [6, 6.07) is 7.29. The van der Waals surface area contributed by atoms with E-state index in [0.29, 0.717) is 0 Å². The molecule has 0 spiro atoms. The molecule has 3 heteroatoms. The Kier molecular flexibility index (Phi) is 3.51. The number of benzene rings is 1. The number of carbonyl (C=O) groups excluding carboxylic acids is 1. The summed E-state index contributed by atoms with van der Waals surface area (Å²) in [7, 11) is 0. The third-order valence-electron chi connectivity index (χ3n) is 3.05. The number of nitrogens with zero attached hydrogens (tertiary/aromatic N) is 1. The first-order valence-corrected chi connectivity index (χ1v) is 5.77. The summed E-state index contributed by atoms with van der Waals surface area (Å²) in [5.41, 5.74) is 3.18. The number of carbonyl (C=O) groups is 1. The van der Waals surface area contributed by atoms with Gasteiger partial charge in [-0.15, -0.1) is 0 Å². The molecule has 0 saturated heterocycles. The van der Waals surface area contributed by atoms with Crippen LogP contribution in [0.5, 0.6) is 0 Å². The van der Waals surface area contributed by atoms with Gasteiger partial charge in [0.15, 0.2) is 11.6 Å². The Labute approximate surface area is 105 Å². The lowest BCUT2D eigenvalue weighted by Gasteiger charge is -2.09. The first-order chi connectivity index (χ1) is 8.59. The van der Waals surface area contributed by atoms with Gasteiger partial charge < -0.3 is 0 Å². The van der Waals surface area contributed by atoms with Gasteiger partial charge in [0.2, 0.25) is 0 Å². The van der Waals surface area contributed by atoms with Crippen LogP contribution in [0.2, 0.25) is 0 Å². The fraction of sp³-hybridized carbons (Fsp3) is 0.200. The van der Waals surface area contributed by atoms with E-state index in [1.807, 2.05) is 32.0 Å². The first kappa shape index (κ1) is 12.4. The number of halogens is 1. The standard InChI is InChI=1S/C15H14FNO/c1-10-4-3-5-11(2)13(10)8-15(18)12-6-7-17-9-14(12)16/h3-7,9H,8H2,1-2H3. The molecule has 0 atom stereocenters. The van der Waals surface area contributed by atoms with E-state index in [2.05, 4.69) is 4.98 Å². The highest BCUT2D eigenvalue weighted by atomic mass is 19.1. The van der Waals surface area contributed by atoms with Gasteiger partial charge in [-0.1, -0.05) is 18.2 Å². The van der Waals surface area contributed by atoms with Crippen LogP contribution < -0.4 is 0 Å². The van der Waals surface area contributed by atoms with Gasteiger partial charge in [0.1, 0.15) is 0 Å². The SMILES string of the molecule is Cc1cccc(C)c1CC(=O)c1ccncc1F. The van der Waals surface area contributed by atoms with Crippen LogP contribution in [0.3, 0.4) is 0 Å². The molecule has 0 aliphatic heterocycles. The smallest absolute Gasteiger partial charge is 0.170 e. The minimum absolute atomic E-state index is 0.104. The maximum Gasteiger partial charge on any atom is 0.170 e. The molecule has 1 heterocycles. The molecule has 92 valence electrons. The van der Waals surface area contributed by atoms with E-state index in [1.165, 1.54) is 12.3 Å². The number of rotatable bonds is 3. The van der Waals surface area contributed by atoms with Crippen molar-refractivity contribution in [1.82, 2.24) is 4.98 Å². The monoisotopic (exact) mass is 243 g/mol. The normalized spacial score (nSPS) is 10.4. The maximum atomic E-state index is 13.5. The maximum absolute atomic E-state index is 13.5. The number of hydrogen-bond acceptors (Lipinski definition) is 2. The van der Waals surface area contributed by atoms with Gasteiger partial charge in [0.25, 0.3) is 0 Å². The summed E-state index contributed by atoms with van der Waals surface area (Å²) in [5, 5.41) is 0. The number of aromatic nitrogens is 1. The third-order valence-corrected chi connectivity index (χ3v) is 3.05. The molecule has 2 aromatic rings. The Bertz CT molecular complexity index is 573. The molecular formula is C15H14FNO. The second-order valence-corrected chi connectivity index (χ2v) is 4.33. The van der Waals surface area contributed by atoms with Gasteiger partial charge in [0, 0.05) is 12.6 Å². The molecule has 0 fully saturated rings. The van der Waals surface area contributed by atoms with E-state index < -0.39 is 5.82 Å². The second kappa shape index (κ2) is 5.08. The van der Waals surface area contributed by atoms with Crippen molar-refractivity contribution in [3.63, 3.8) is 0 Å². The molecular weight excluding hydrogens is 229 g/mol. The number of Topliss-reactive ketones (excluding diaryl/α,β-unsaturated/α-hetero) is 1. The Hall–Kier alpha value is -2.03. The predicted molar refractivity (Wildman–Crippen MR) is 68.1 cm³/mol. The molecule has 0 radical (unpaired) electrons.